The molecule has 0 aromatic heterocycles. The Morgan fingerprint density at radius 2 is 1.89 bits per heavy atom. The van der Waals surface area contributed by atoms with Crippen LogP contribution in [0.5, 0.6) is 0 Å². The third-order valence-corrected chi connectivity index (χ3v) is 5.46. The van der Waals surface area contributed by atoms with E-state index in [0.29, 0.717) is 21.6 Å². The molecule has 28 heavy (non-hydrogen) atoms. The second-order valence-electron chi connectivity index (χ2n) is 8.12. The molecule has 0 amide bonds. The maximum atomic E-state index is 14.2. The largest absolute Gasteiger partial charge is 0.312 e. The first-order valence-electron chi connectivity index (χ1n) is 9.10. The van der Waals surface area contributed by atoms with Crippen molar-refractivity contribution in [2.45, 2.75) is 39.2 Å². The van der Waals surface area contributed by atoms with Crippen LogP contribution < -0.4 is 5.32 Å². The van der Waals surface area contributed by atoms with Crippen molar-refractivity contribution >= 4 is 27.5 Å². The van der Waals surface area contributed by atoms with Crippen molar-refractivity contribution in [2.75, 3.05) is 6.54 Å². The van der Waals surface area contributed by atoms with E-state index in [9.17, 15) is 14.0 Å². The molecule has 6 heteroatoms. The topological polar surface area (TPSA) is 35.8 Å². The van der Waals surface area contributed by atoms with E-state index in [0.717, 1.165) is 6.42 Å². The van der Waals surface area contributed by atoms with E-state index in [-0.39, 0.29) is 34.9 Å². The summed E-state index contributed by atoms with van der Waals surface area (Å²) < 4.78 is 26.8. The molecule has 3 atom stereocenters. The summed E-state index contributed by atoms with van der Waals surface area (Å²) in [7, 11) is 0. The zero-order valence-electron chi connectivity index (χ0n) is 16.1. The molecule has 150 valence electrons. The molecule has 3 rings (SSSR count). The van der Waals surface area contributed by atoms with E-state index in [1.165, 1.54) is 12.1 Å². The Hall–Kier alpha value is -1.48. The monoisotopic (exact) mass is 468 g/mol. The van der Waals surface area contributed by atoms with Crippen molar-refractivity contribution in [3.63, 3.8) is 0 Å². The number of halogens is 4. The van der Waals surface area contributed by atoms with Gasteiger partial charge in [-0.3, -0.25) is 0 Å². The third-order valence-electron chi connectivity index (χ3n) is 4.62. The number of hydrogen-bond donors (Lipinski definition) is 1. The highest BCUT2D eigenvalue weighted by molar-refractivity contribution is 9.10. The highest BCUT2D eigenvalue weighted by atomic mass is 79.9. The van der Waals surface area contributed by atoms with Gasteiger partial charge in [0.05, 0.1) is 16.5 Å². The van der Waals surface area contributed by atoms with E-state index in [2.05, 4.69) is 48.1 Å². The van der Waals surface area contributed by atoms with Crippen LogP contribution in [-0.4, -0.2) is 12.6 Å². The van der Waals surface area contributed by atoms with Gasteiger partial charge in [-0.1, -0.05) is 50.6 Å². The maximum Gasteiger partial charge on any atom is 0.140 e. The Morgan fingerprint density at radius 3 is 2.43 bits per heavy atom. The molecular weight excluding hydrogens is 446 g/mol. The fraction of sp³-hybridized carbons (Fsp3) is 0.409. The molecule has 1 fully saturated rings. The van der Waals surface area contributed by atoms with Gasteiger partial charge in [0, 0.05) is 23.5 Å². The van der Waals surface area contributed by atoms with Crippen LogP contribution in [-0.2, 0) is 0 Å². The molecule has 0 aliphatic carbocycles. The maximum absolute atomic E-state index is 14.2. The van der Waals surface area contributed by atoms with Gasteiger partial charge in [0.25, 0.3) is 0 Å². The summed E-state index contributed by atoms with van der Waals surface area (Å²) in [5.41, 5.74) is 0.784. The molecule has 1 N–H and O–H groups in total. The van der Waals surface area contributed by atoms with Crippen LogP contribution in [0.1, 0.15) is 38.7 Å². The quantitative estimate of drug-likeness (QED) is 0.531. The van der Waals surface area contributed by atoms with E-state index >= 15 is 0 Å². The summed E-state index contributed by atoms with van der Waals surface area (Å²) >= 11 is 8.63. The van der Waals surface area contributed by atoms with E-state index in [1.807, 2.05) is 6.07 Å². The van der Waals surface area contributed by atoms with Crippen LogP contribution in [0.4, 0.5) is 8.78 Å². The standard InChI is InChI=1S/C16H20BrFN2.C6H4ClF/c1-16(2,3)7-14-11(8-19)12(9-20-14)10-5-4-6-13(17)15(10)18;7-5-2-1-3-6(8)4-5/h4-6,11-12,14,20H,7,9H2,1-3H3;1-4H. The second kappa shape index (κ2) is 9.82. The summed E-state index contributed by atoms with van der Waals surface area (Å²) in [4.78, 5) is 0. The summed E-state index contributed by atoms with van der Waals surface area (Å²) in [6.07, 6.45) is 0.914. The fourth-order valence-corrected chi connectivity index (χ4v) is 3.98. The minimum atomic E-state index is -0.294. The molecule has 0 bridgehead atoms. The molecular formula is C22H24BrClF2N2. The van der Waals surface area contributed by atoms with E-state index in [4.69, 9.17) is 11.6 Å². The molecule has 0 radical (unpaired) electrons. The number of benzene rings is 2. The van der Waals surface area contributed by atoms with Gasteiger partial charge in [-0.05, 0) is 57.6 Å². The lowest BCUT2D eigenvalue weighted by Gasteiger charge is -2.26. The Balaban J connectivity index is 0.000000292. The van der Waals surface area contributed by atoms with Crippen molar-refractivity contribution in [1.82, 2.24) is 5.32 Å². The smallest absolute Gasteiger partial charge is 0.140 e. The molecule has 0 saturated carbocycles. The summed E-state index contributed by atoms with van der Waals surface area (Å²) in [6.45, 7) is 7.15. The predicted molar refractivity (Wildman–Crippen MR) is 113 cm³/mol. The van der Waals surface area contributed by atoms with E-state index in [1.54, 1.807) is 24.3 Å². The lowest BCUT2D eigenvalue weighted by atomic mass is 9.79. The average Bonchev–Trinajstić information content (AvgIpc) is 2.98. The first-order chi connectivity index (χ1) is 13.1. The van der Waals surface area contributed by atoms with Crippen molar-refractivity contribution in [3.8, 4) is 6.07 Å². The van der Waals surface area contributed by atoms with Crippen molar-refractivity contribution in [3.05, 3.63) is 69.2 Å². The Kier molecular flexibility index (Phi) is 8.00. The fourth-order valence-electron chi connectivity index (χ4n) is 3.42. The lowest BCUT2D eigenvalue weighted by molar-refractivity contribution is 0.304. The Bertz CT molecular complexity index is 828. The van der Waals surface area contributed by atoms with E-state index < -0.39 is 0 Å². The van der Waals surface area contributed by atoms with Crippen LogP contribution in [0.3, 0.4) is 0 Å². The zero-order chi connectivity index (χ0) is 20.9. The van der Waals surface area contributed by atoms with Crippen LogP contribution in [0.2, 0.25) is 5.02 Å². The molecule has 1 aliphatic rings. The SMILES string of the molecule is CC(C)(C)CC1NCC(c2cccc(Br)c2F)C1C#N.Fc1cccc(Cl)c1. The van der Waals surface area contributed by atoms with Gasteiger partial charge in [-0.25, -0.2) is 8.78 Å². The van der Waals surface area contributed by atoms with Gasteiger partial charge < -0.3 is 5.32 Å². The van der Waals surface area contributed by atoms with Gasteiger partial charge >= 0.3 is 0 Å². The molecule has 2 aromatic carbocycles. The summed E-state index contributed by atoms with van der Waals surface area (Å²) in [5.74, 6) is -0.795. The summed E-state index contributed by atoms with van der Waals surface area (Å²) in [5, 5.41) is 13.3. The number of hydrogen-bond acceptors (Lipinski definition) is 2. The predicted octanol–water partition coefficient (Wildman–Crippen LogP) is 6.70. The number of nitriles is 1. The molecule has 3 unspecified atom stereocenters. The van der Waals surface area contributed by atoms with Crippen LogP contribution >= 0.6 is 27.5 Å². The lowest BCUT2D eigenvalue weighted by Crippen LogP contribution is -2.31. The zero-order valence-corrected chi connectivity index (χ0v) is 18.5. The normalized spacial score (nSPS) is 21.6. The molecule has 2 aromatic rings. The minimum Gasteiger partial charge on any atom is -0.312 e. The molecule has 1 heterocycles. The second-order valence-corrected chi connectivity index (χ2v) is 9.41. The molecule has 2 nitrogen and oxygen atoms in total. The Labute approximate surface area is 179 Å². The van der Waals surface area contributed by atoms with Crippen LogP contribution in [0.25, 0.3) is 0 Å². The number of rotatable bonds is 2. The minimum absolute atomic E-state index is 0.0788. The first kappa shape index (κ1) is 22.8. The van der Waals surface area contributed by atoms with Gasteiger partial charge in [0.15, 0.2) is 0 Å². The number of nitrogens with zero attached hydrogens (tertiary/aromatic N) is 1. The molecule has 1 aliphatic heterocycles. The van der Waals surface area contributed by atoms with Gasteiger partial charge in [0.1, 0.15) is 11.6 Å². The van der Waals surface area contributed by atoms with Gasteiger partial charge in [0.2, 0.25) is 0 Å². The van der Waals surface area contributed by atoms with Crippen LogP contribution in [0.15, 0.2) is 46.9 Å². The van der Waals surface area contributed by atoms with Crippen molar-refractivity contribution < 1.29 is 8.78 Å². The Morgan fingerprint density at radius 1 is 1.21 bits per heavy atom. The van der Waals surface area contributed by atoms with Gasteiger partial charge in [-0.2, -0.15) is 5.26 Å². The van der Waals surface area contributed by atoms with Crippen molar-refractivity contribution in [1.29, 1.82) is 5.26 Å². The first-order valence-corrected chi connectivity index (χ1v) is 10.3. The molecule has 1 saturated heterocycles. The van der Waals surface area contributed by atoms with Gasteiger partial charge in [-0.15, -0.1) is 0 Å². The third kappa shape index (κ3) is 6.27. The number of nitrogens with one attached hydrogen (secondary N) is 1. The van der Waals surface area contributed by atoms with Crippen LogP contribution in [0, 0.1) is 34.3 Å². The summed E-state index contributed by atoms with van der Waals surface area (Å²) in [6, 6.07) is 13.6. The van der Waals surface area contributed by atoms with Crippen molar-refractivity contribution in [2.24, 2.45) is 11.3 Å². The molecule has 0 spiro atoms. The highest BCUT2D eigenvalue weighted by Crippen LogP contribution is 2.38. The highest BCUT2D eigenvalue weighted by Gasteiger charge is 2.39. The average molecular weight is 470 g/mol.